The summed E-state index contributed by atoms with van der Waals surface area (Å²) in [6.07, 6.45) is 4.45. The molecule has 0 spiro atoms. The summed E-state index contributed by atoms with van der Waals surface area (Å²) in [4.78, 5) is 14.0. The number of hydrogen-bond donors (Lipinski definition) is 1. The van der Waals surface area contributed by atoms with Crippen LogP contribution in [0.25, 0.3) is 0 Å². The Kier molecular flexibility index (Phi) is 3.01. The van der Waals surface area contributed by atoms with Crippen LogP contribution >= 0.6 is 11.6 Å². The van der Waals surface area contributed by atoms with E-state index in [9.17, 15) is 0 Å². The molecule has 0 aliphatic carbocycles. The fourth-order valence-corrected chi connectivity index (χ4v) is 1.57. The monoisotopic (exact) mass is 225 g/mol. The molecule has 0 saturated heterocycles. The van der Waals surface area contributed by atoms with Crippen molar-refractivity contribution in [3.63, 3.8) is 0 Å². The van der Waals surface area contributed by atoms with Gasteiger partial charge in [0.05, 0.1) is 0 Å². The second-order valence-electron chi connectivity index (χ2n) is 3.38. The van der Waals surface area contributed by atoms with Crippen LogP contribution in [-0.2, 0) is 6.54 Å². The van der Waals surface area contributed by atoms with Crippen LogP contribution in [0.15, 0.2) is 17.4 Å². The van der Waals surface area contributed by atoms with Crippen LogP contribution in [-0.4, -0.2) is 33.9 Å². The van der Waals surface area contributed by atoms with E-state index in [0.717, 1.165) is 25.1 Å². The van der Waals surface area contributed by atoms with Crippen LogP contribution in [0.5, 0.6) is 0 Å². The second kappa shape index (κ2) is 4.44. The molecule has 0 fully saturated rings. The third-order valence-corrected chi connectivity index (χ3v) is 2.43. The van der Waals surface area contributed by atoms with Gasteiger partial charge >= 0.3 is 0 Å². The fourth-order valence-electron chi connectivity index (χ4n) is 1.47. The first-order valence-corrected chi connectivity index (χ1v) is 5.15. The second-order valence-corrected chi connectivity index (χ2v) is 3.71. The predicted octanol–water partition coefficient (Wildman–Crippen LogP) is 0.650. The quantitative estimate of drug-likeness (QED) is 0.751. The van der Waals surface area contributed by atoms with Crippen LogP contribution in [0.4, 0.5) is 0 Å². The van der Waals surface area contributed by atoms with Crippen molar-refractivity contribution >= 4 is 17.6 Å². The molecule has 2 N–H and O–H groups in total. The van der Waals surface area contributed by atoms with Crippen LogP contribution in [0.3, 0.4) is 0 Å². The van der Waals surface area contributed by atoms with E-state index in [1.165, 1.54) is 0 Å². The third-order valence-electron chi connectivity index (χ3n) is 2.23. The molecule has 2 rings (SSSR count). The zero-order valence-electron chi connectivity index (χ0n) is 8.23. The molecule has 0 radical (unpaired) electrons. The predicted molar refractivity (Wildman–Crippen MR) is 58.6 cm³/mol. The Hall–Kier alpha value is -1.36. The van der Waals surface area contributed by atoms with Gasteiger partial charge in [0.25, 0.3) is 0 Å². The van der Waals surface area contributed by atoms with E-state index in [-0.39, 0.29) is 5.28 Å². The van der Waals surface area contributed by atoms with Gasteiger partial charge in [0, 0.05) is 37.6 Å². The molecule has 1 aromatic rings. The summed E-state index contributed by atoms with van der Waals surface area (Å²) in [7, 11) is 0. The van der Waals surface area contributed by atoms with Gasteiger partial charge in [0.15, 0.2) is 5.96 Å². The van der Waals surface area contributed by atoms with Gasteiger partial charge in [-0.3, -0.25) is 4.99 Å². The Bertz CT molecular complexity index is 361. The minimum atomic E-state index is 0.263. The smallest absolute Gasteiger partial charge is 0.222 e. The van der Waals surface area contributed by atoms with E-state index < -0.39 is 0 Å². The highest BCUT2D eigenvalue weighted by atomic mass is 35.5. The third kappa shape index (κ3) is 2.56. The van der Waals surface area contributed by atoms with E-state index >= 15 is 0 Å². The lowest BCUT2D eigenvalue weighted by Crippen LogP contribution is -2.40. The molecule has 0 unspecified atom stereocenters. The molecule has 1 aromatic heterocycles. The average Bonchev–Trinajstić information content (AvgIpc) is 2.25. The van der Waals surface area contributed by atoms with Gasteiger partial charge in [-0.15, -0.1) is 0 Å². The number of hydrogen-bond acceptors (Lipinski definition) is 5. The largest absolute Gasteiger partial charge is 0.370 e. The van der Waals surface area contributed by atoms with E-state index in [4.69, 9.17) is 17.3 Å². The Morgan fingerprint density at radius 2 is 2.13 bits per heavy atom. The van der Waals surface area contributed by atoms with Gasteiger partial charge in [-0.1, -0.05) is 0 Å². The molecule has 0 bridgehead atoms. The van der Waals surface area contributed by atoms with Crippen molar-refractivity contribution in [2.45, 2.75) is 13.0 Å². The molecule has 15 heavy (non-hydrogen) atoms. The van der Waals surface area contributed by atoms with Gasteiger partial charge in [-0.2, -0.15) is 0 Å². The molecule has 0 aromatic carbocycles. The summed E-state index contributed by atoms with van der Waals surface area (Å²) < 4.78 is 0. The Morgan fingerprint density at radius 1 is 1.40 bits per heavy atom. The molecule has 1 aliphatic rings. The van der Waals surface area contributed by atoms with Gasteiger partial charge in [0.2, 0.25) is 5.28 Å². The van der Waals surface area contributed by atoms with Gasteiger partial charge < -0.3 is 10.6 Å². The Balaban J connectivity index is 2.05. The van der Waals surface area contributed by atoms with E-state index in [0.29, 0.717) is 12.5 Å². The highest BCUT2D eigenvalue weighted by molar-refractivity contribution is 6.28. The lowest BCUT2D eigenvalue weighted by Gasteiger charge is -2.26. The molecule has 2 heterocycles. The highest BCUT2D eigenvalue weighted by Gasteiger charge is 2.12. The maximum Gasteiger partial charge on any atom is 0.222 e. The first kappa shape index (κ1) is 10.2. The minimum absolute atomic E-state index is 0.263. The van der Waals surface area contributed by atoms with Crippen molar-refractivity contribution in [1.82, 2.24) is 14.9 Å². The summed E-state index contributed by atoms with van der Waals surface area (Å²) in [6.45, 7) is 2.43. The maximum atomic E-state index is 5.77. The number of aliphatic imine (C=N–C) groups is 1. The summed E-state index contributed by atoms with van der Waals surface area (Å²) >= 11 is 5.60. The number of aromatic nitrogens is 2. The maximum absolute atomic E-state index is 5.77. The van der Waals surface area contributed by atoms with Crippen molar-refractivity contribution in [3.8, 4) is 0 Å². The number of nitrogens with two attached hydrogens (primary N) is 1. The SMILES string of the molecule is NC1=NCCCN1Cc1cnc(Cl)nc1. The van der Waals surface area contributed by atoms with Gasteiger partial charge in [-0.05, 0) is 18.0 Å². The Morgan fingerprint density at radius 3 is 2.80 bits per heavy atom. The van der Waals surface area contributed by atoms with E-state index in [2.05, 4.69) is 15.0 Å². The van der Waals surface area contributed by atoms with Crippen LogP contribution in [0.2, 0.25) is 5.28 Å². The number of nitrogens with zero attached hydrogens (tertiary/aromatic N) is 4. The molecular formula is C9H12ClN5. The molecule has 80 valence electrons. The number of guanidine groups is 1. The lowest BCUT2D eigenvalue weighted by molar-refractivity contribution is 0.382. The molecular weight excluding hydrogens is 214 g/mol. The number of rotatable bonds is 2. The highest BCUT2D eigenvalue weighted by Crippen LogP contribution is 2.07. The van der Waals surface area contributed by atoms with Crippen molar-refractivity contribution < 1.29 is 0 Å². The zero-order valence-corrected chi connectivity index (χ0v) is 8.98. The van der Waals surface area contributed by atoms with Crippen molar-refractivity contribution in [2.75, 3.05) is 13.1 Å². The summed E-state index contributed by atoms with van der Waals surface area (Å²) in [5, 5.41) is 0.263. The van der Waals surface area contributed by atoms with Crippen LogP contribution in [0, 0.1) is 0 Å². The normalized spacial score (nSPS) is 16.3. The topological polar surface area (TPSA) is 67.4 Å². The fraction of sp³-hybridized carbons (Fsp3) is 0.444. The standard InChI is InChI=1S/C9H12ClN5/c10-8-13-4-7(5-14-8)6-15-3-1-2-12-9(15)11/h4-5H,1-3,6H2,(H2,11,12). The molecule has 0 saturated carbocycles. The molecule has 1 aliphatic heterocycles. The van der Waals surface area contributed by atoms with Crippen molar-refractivity contribution in [3.05, 3.63) is 23.2 Å². The lowest BCUT2D eigenvalue weighted by atomic mass is 10.3. The van der Waals surface area contributed by atoms with Crippen molar-refractivity contribution in [2.24, 2.45) is 10.7 Å². The first-order chi connectivity index (χ1) is 7.25. The minimum Gasteiger partial charge on any atom is -0.370 e. The van der Waals surface area contributed by atoms with Gasteiger partial charge in [0.1, 0.15) is 0 Å². The first-order valence-electron chi connectivity index (χ1n) is 4.77. The van der Waals surface area contributed by atoms with Gasteiger partial charge in [-0.25, -0.2) is 9.97 Å². The van der Waals surface area contributed by atoms with Crippen LogP contribution < -0.4 is 5.73 Å². The molecule has 6 heteroatoms. The zero-order chi connectivity index (χ0) is 10.7. The summed E-state index contributed by atoms with van der Waals surface area (Å²) in [6, 6.07) is 0. The van der Waals surface area contributed by atoms with E-state index in [1.807, 2.05) is 4.90 Å². The molecule has 0 atom stereocenters. The average molecular weight is 226 g/mol. The Labute approximate surface area is 93.0 Å². The molecule has 0 amide bonds. The van der Waals surface area contributed by atoms with E-state index in [1.54, 1.807) is 12.4 Å². The number of halogens is 1. The van der Waals surface area contributed by atoms with Crippen LogP contribution in [0.1, 0.15) is 12.0 Å². The summed E-state index contributed by atoms with van der Waals surface area (Å²) in [5.41, 5.74) is 6.75. The van der Waals surface area contributed by atoms with Crippen molar-refractivity contribution in [1.29, 1.82) is 0 Å². The molecule has 5 nitrogen and oxygen atoms in total. The summed E-state index contributed by atoms with van der Waals surface area (Å²) in [5.74, 6) is 0.594.